The summed E-state index contributed by atoms with van der Waals surface area (Å²) in [6.45, 7) is 7.27. The fourth-order valence-corrected chi connectivity index (χ4v) is 8.33. The number of piperazine rings is 1. The maximum Gasteiger partial charge on any atom is 0.490 e. The summed E-state index contributed by atoms with van der Waals surface area (Å²) in [5.41, 5.74) is -2.63. The first-order chi connectivity index (χ1) is 31.5. The summed E-state index contributed by atoms with van der Waals surface area (Å²) in [5, 5.41) is 26.2. The van der Waals surface area contributed by atoms with Crippen LogP contribution in [0.15, 0.2) is 48.7 Å². The van der Waals surface area contributed by atoms with E-state index < -0.39 is 76.9 Å². The van der Waals surface area contributed by atoms with E-state index in [2.05, 4.69) is 20.9 Å². The molecular formula is C43H42F6N10O7S. The summed E-state index contributed by atoms with van der Waals surface area (Å²) < 4.78 is 92.8. The van der Waals surface area contributed by atoms with E-state index in [-0.39, 0.29) is 72.6 Å². The third-order valence-corrected chi connectivity index (χ3v) is 11.6. The molecule has 3 saturated heterocycles. The monoisotopic (exact) mass is 956 g/mol. The topological polar surface area (TPSA) is 213 Å². The van der Waals surface area contributed by atoms with Gasteiger partial charge in [-0.25, -0.2) is 9.78 Å². The van der Waals surface area contributed by atoms with E-state index in [9.17, 15) is 60.8 Å². The molecule has 0 spiro atoms. The Bertz CT molecular complexity index is 2580. The fraction of sp³-hybridized carbons (Fsp3) is 0.419. The van der Waals surface area contributed by atoms with Crippen molar-refractivity contribution in [3.8, 4) is 17.9 Å². The lowest BCUT2D eigenvalue weighted by Gasteiger charge is -2.42. The number of benzene rings is 2. The molecule has 3 N–H and O–H groups in total. The Balaban J connectivity index is 1.11. The molecule has 3 aromatic rings. The van der Waals surface area contributed by atoms with E-state index >= 15 is 0 Å². The number of aryl methyl sites for hydroxylation is 1. The molecule has 3 atom stereocenters. The highest BCUT2D eigenvalue weighted by Crippen LogP contribution is 2.40. The number of nitriles is 2. The van der Waals surface area contributed by atoms with E-state index in [0.29, 0.717) is 30.3 Å². The van der Waals surface area contributed by atoms with Crippen LogP contribution in [0.25, 0.3) is 0 Å². The third kappa shape index (κ3) is 10.9. The van der Waals surface area contributed by atoms with Gasteiger partial charge in [0.2, 0.25) is 18.0 Å². The Morgan fingerprint density at radius 3 is 2.37 bits per heavy atom. The maximum atomic E-state index is 13.8. The van der Waals surface area contributed by atoms with Crippen molar-refractivity contribution in [3.05, 3.63) is 70.9 Å². The number of amides is 4. The predicted molar refractivity (Wildman–Crippen MR) is 230 cm³/mol. The molecule has 17 nitrogen and oxygen atoms in total. The highest BCUT2D eigenvalue weighted by Gasteiger charge is 2.52. The van der Waals surface area contributed by atoms with Crippen molar-refractivity contribution in [3.63, 3.8) is 0 Å². The normalized spacial score (nSPS) is 19.6. The van der Waals surface area contributed by atoms with E-state index in [1.54, 1.807) is 26.8 Å². The summed E-state index contributed by atoms with van der Waals surface area (Å²) in [7, 11) is 0. The first-order valence-corrected chi connectivity index (χ1v) is 21.0. The van der Waals surface area contributed by atoms with Gasteiger partial charge in [0.15, 0.2) is 5.11 Å². The molecule has 3 aliphatic rings. The van der Waals surface area contributed by atoms with Crippen LogP contribution in [0.4, 0.5) is 49.2 Å². The van der Waals surface area contributed by atoms with Crippen molar-refractivity contribution in [2.24, 2.45) is 0 Å². The van der Waals surface area contributed by atoms with E-state index in [4.69, 9.17) is 21.7 Å². The van der Waals surface area contributed by atoms with Crippen molar-refractivity contribution < 1.29 is 59.8 Å². The second kappa shape index (κ2) is 19.5. The van der Waals surface area contributed by atoms with Crippen LogP contribution >= 0.6 is 12.2 Å². The molecule has 2 aromatic carbocycles. The van der Waals surface area contributed by atoms with Gasteiger partial charge in [-0.05, 0) is 93.9 Å². The third-order valence-electron chi connectivity index (χ3n) is 11.2. The van der Waals surface area contributed by atoms with Crippen LogP contribution in [0.2, 0.25) is 0 Å². The number of rotatable bonds is 13. The molecule has 24 heteroatoms. The van der Waals surface area contributed by atoms with Gasteiger partial charge in [0, 0.05) is 50.0 Å². The van der Waals surface area contributed by atoms with Gasteiger partial charge in [0.05, 0.1) is 40.7 Å². The van der Waals surface area contributed by atoms with Gasteiger partial charge in [-0.2, -0.15) is 36.9 Å². The molecule has 0 aliphatic carbocycles. The number of aromatic nitrogens is 1. The number of nitrogens with one attached hydrogen (secondary N) is 3. The van der Waals surface area contributed by atoms with Crippen molar-refractivity contribution in [1.82, 2.24) is 20.1 Å². The van der Waals surface area contributed by atoms with Crippen LogP contribution in [-0.4, -0.2) is 112 Å². The Kier molecular flexibility index (Phi) is 14.4. The number of carbonyl (C=O) groups is 5. The van der Waals surface area contributed by atoms with Gasteiger partial charge in [-0.3, -0.25) is 44.1 Å². The lowest BCUT2D eigenvalue weighted by Crippen LogP contribution is -2.60. The lowest BCUT2D eigenvalue weighted by atomic mass is 10.0. The van der Waals surface area contributed by atoms with E-state index in [1.165, 1.54) is 46.3 Å². The molecule has 354 valence electrons. The minimum Gasteiger partial charge on any atom is -0.490 e. The molecule has 3 fully saturated rings. The van der Waals surface area contributed by atoms with Crippen LogP contribution in [-0.2, 0) is 41.3 Å². The number of ether oxygens (including phenoxy) is 2. The zero-order valence-electron chi connectivity index (χ0n) is 36.2. The average molecular weight is 957 g/mol. The number of piperidine rings is 1. The number of hydrogen-bond donors (Lipinski definition) is 3. The van der Waals surface area contributed by atoms with Gasteiger partial charge in [-0.15, -0.1) is 0 Å². The van der Waals surface area contributed by atoms with Gasteiger partial charge in [0.25, 0.3) is 11.8 Å². The Hall–Kier alpha value is -6.89. The summed E-state index contributed by atoms with van der Waals surface area (Å²) in [6, 6.07) is 10.3. The molecule has 3 aliphatic heterocycles. The van der Waals surface area contributed by atoms with Gasteiger partial charge >= 0.3 is 18.3 Å². The number of nitrogens with zero attached hydrogens (tertiary/aromatic N) is 7. The summed E-state index contributed by atoms with van der Waals surface area (Å²) in [4.78, 5) is 73.5. The van der Waals surface area contributed by atoms with Gasteiger partial charge < -0.3 is 20.1 Å². The molecule has 4 heterocycles. The summed E-state index contributed by atoms with van der Waals surface area (Å²) >= 11 is 5.64. The zero-order valence-corrected chi connectivity index (χ0v) is 37.0. The van der Waals surface area contributed by atoms with Gasteiger partial charge in [0.1, 0.15) is 29.8 Å². The number of anilines is 4. The second-order valence-electron chi connectivity index (χ2n) is 16.2. The van der Waals surface area contributed by atoms with Crippen LogP contribution in [0.3, 0.4) is 0 Å². The van der Waals surface area contributed by atoms with Crippen LogP contribution in [0, 0.1) is 22.7 Å². The molecule has 2 unspecified atom stereocenters. The van der Waals surface area contributed by atoms with Crippen molar-refractivity contribution >= 4 is 69.8 Å². The number of halogens is 6. The molecule has 0 bridgehead atoms. The SMILES string of the molecule is CCc1cc(N2C(=S)N(c3ccc(C#N)c(C(F)(F)F)c3)C(=O)C2(C)C)ncc1OCCN1CCN(C(OC(=O)C(F)(F)F)C(=O)Nc2cc(C#N)cc(NC3CCC(=O)NC3=O)c2)[C@H](C)C1. The minimum atomic E-state index is -5.43. The highest BCUT2D eigenvalue weighted by molar-refractivity contribution is 7.81. The fourth-order valence-electron chi connectivity index (χ4n) is 7.82. The number of esters is 1. The quantitative estimate of drug-likeness (QED) is 0.0891. The Labute approximate surface area is 384 Å². The highest BCUT2D eigenvalue weighted by atomic mass is 32.1. The maximum absolute atomic E-state index is 13.8. The molecule has 1 aromatic heterocycles. The minimum absolute atomic E-state index is 0.00982. The van der Waals surface area contributed by atoms with Crippen LogP contribution < -0.4 is 30.5 Å². The Morgan fingerprint density at radius 2 is 1.75 bits per heavy atom. The number of imide groups is 1. The van der Waals surface area contributed by atoms with Crippen LogP contribution in [0.5, 0.6) is 5.75 Å². The number of pyridine rings is 1. The number of hydrogen-bond acceptors (Lipinski definition) is 14. The number of alkyl halides is 6. The van der Waals surface area contributed by atoms with Crippen molar-refractivity contribution in [2.75, 3.05) is 53.2 Å². The van der Waals surface area contributed by atoms with Crippen LogP contribution in [0.1, 0.15) is 62.8 Å². The first kappa shape index (κ1) is 49.5. The smallest absolute Gasteiger partial charge is 0.490 e. The molecule has 0 radical (unpaired) electrons. The standard InChI is InChI=1S/C43H42F6N10O7S/c1-5-25-16-33(59-40(67)58(38(63)41(59,3)4)29-7-6-26(20-51)30(18-29)42(44,45)46)52-21-32(25)65-13-12-56-10-11-57(23(2)22-56)37(66-39(64)43(47,48)49)36(62)54-28-15-24(19-50)14-27(17-28)53-31-8-9-34(60)55-35(31)61/h6-7,14-18,21,23,31,37,53H,5,8-13,22H2,1-4H3,(H,54,62)(H,55,60,61)/t23-,31?,37?/m1/s1. The van der Waals surface area contributed by atoms with Crippen molar-refractivity contribution in [2.45, 2.75) is 83.2 Å². The average Bonchev–Trinajstić information content (AvgIpc) is 3.44. The second-order valence-corrected chi connectivity index (χ2v) is 16.6. The van der Waals surface area contributed by atoms with E-state index in [0.717, 1.165) is 11.0 Å². The molecule has 4 amide bonds. The number of carbonyl (C=O) groups excluding carboxylic acids is 5. The number of thiocarbonyl (C=S) groups is 1. The predicted octanol–water partition coefficient (Wildman–Crippen LogP) is 5.00. The van der Waals surface area contributed by atoms with Crippen molar-refractivity contribution in [1.29, 1.82) is 10.5 Å². The summed E-state index contributed by atoms with van der Waals surface area (Å²) in [5.74, 6) is -4.85. The van der Waals surface area contributed by atoms with E-state index in [1.807, 2.05) is 17.9 Å². The molecular weight excluding hydrogens is 915 g/mol. The van der Waals surface area contributed by atoms with Gasteiger partial charge in [-0.1, -0.05) is 6.92 Å². The first-order valence-electron chi connectivity index (χ1n) is 20.6. The lowest BCUT2D eigenvalue weighted by molar-refractivity contribution is -0.215. The molecule has 0 saturated carbocycles. The summed E-state index contributed by atoms with van der Waals surface area (Å²) in [6.07, 6.45) is -10.3. The largest absolute Gasteiger partial charge is 0.490 e. The Morgan fingerprint density at radius 1 is 1.03 bits per heavy atom. The molecule has 6 rings (SSSR count). The zero-order chi connectivity index (χ0) is 49.2. The molecule has 67 heavy (non-hydrogen) atoms.